The van der Waals surface area contributed by atoms with Crippen molar-refractivity contribution < 1.29 is 8.94 Å². The maximum atomic E-state index is 5.69. The zero-order chi connectivity index (χ0) is 20.5. The van der Waals surface area contributed by atoms with Crippen LogP contribution in [0.3, 0.4) is 0 Å². The Hall–Kier alpha value is -3.75. The van der Waals surface area contributed by atoms with Crippen molar-refractivity contribution in [1.29, 1.82) is 0 Å². The van der Waals surface area contributed by atoms with Gasteiger partial charge in [0.25, 0.3) is 6.01 Å². The highest BCUT2D eigenvalue weighted by molar-refractivity contribution is 5.55. The molecule has 0 aliphatic carbocycles. The Labute approximate surface area is 173 Å². The Morgan fingerprint density at radius 1 is 1.10 bits per heavy atom. The summed E-state index contributed by atoms with van der Waals surface area (Å²) in [4.78, 5) is 20.0. The monoisotopic (exact) mass is 403 g/mol. The van der Waals surface area contributed by atoms with Crippen molar-refractivity contribution in [3.05, 3.63) is 59.9 Å². The van der Waals surface area contributed by atoms with E-state index in [4.69, 9.17) is 13.9 Å². The van der Waals surface area contributed by atoms with Gasteiger partial charge < -0.3 is 13.8 Å². The van der Waals surface area contributed by atoms with Gasteiger partial charge in [-0.2, -0.15) is 4.98 Å². The molecule has 4 aromatic heterocycles. The van der Waals surface area contributed by atoms with Crippen LogP contribution in [-0.4, -0.2) is 31.6 Å². The third-order valence-electron chi connectivity index (χ3n) is 4.99. The molecule has 152 valence electrons. The first-order chi connectivity index (χ1) is 14.7. The second-order valence-electron chi connectivity index (χ2n) is 7.28. The third-order valence-corrected chi connectivity index (χ3v) is 4.99. The number of anilines is 3. The molecule has 5 rings (SSSR count). The number of nitrogens with one attached hydrogen (secondary N) is 1. The van der Waals surface area contributed by atoms with Crippen LogP contribution in [0.5, 0.6) is 0 Å². The molecule has 1 aliphatic rings. The standard InChI is InChI=1S/C21H21N7O2/c1-13-10-19(26-21-23-12-14(2)29-21)25-20(24-13)28-9-5-7-17(28)18-11-16(27-30-18)15-6-3-4-8-22-15/h3-4,6,8,10-12,17H,5,7,9H2,1-2H3,(H,23,24,25,26)/t17-/m0/s1. The summed E-state index contributed by atoms with van der Waals surface area (Å²) >= 11 is 0. The highest BCUT2D eigenvalue weighted by Gasteiger charge is 2.32. The maximum Gasteiger partial charge on any atom is 0.300 e. The molecule has 1 N–H and O–H groups in total. The molecule has 1 atom stereocenters. The van der Waals surface area contributed by atoms with Crippen LogP contribution in [0.4, 0.5) is 17.8 Å². The Morgan fingerprint density at radius 2 is 2.03 bits per heavy atom. The van der Waals surface area contributed by atoms with E-state index in [0.717, 1.165) is 48.0 Å². The molecule has 9 heteroatoms. The van der Waals surface area contributed by atoms with Gasteiger partial charge in [0.05, 0.1) is 17.9 Å². The van der Waals surface area contributed by atoms with E-state index >= 15 is 0 Å². The minimum atomic E-state index is 0.0218. The average molecular weight is 403 g/mol. The van der Waals surface area contributed by atoms with Crippen LogP contribution in [-0.2, 0) is 0 Å². The Kier molecular flexibility index (Phi) is 4.62. The van der Waals surface area contributed by atoms with E-state index in [1.807, 2.05) is 44.2 Å². The second kappa shape index (κ2) is 7.58. The first kappa shape index (κ1) is 18.3. The SMILES string of the molecule is Cc1cc(Nc2ncc(C)o2)nc(N2CCC[C@H]2c2cc(-c3ccccn3)no2)n1. The number of aryl methyl sites for hydroxylation is 2. The number of pyridine rings is 1. The zero-order valence-electron chi connectivity index (χ0n) is 16.7. The molecule has 5 heterocycles. The van der Waals surface area contributed by atoms with Gasteiger partial charge in [0.1, 0.15) is 17.3 Å². The molecule has 0 aromatic carbocycles. The fourth-order valence-electron chi connectivity index (χ4n) is 3.65. The summed E-state index contributed by atoms with van der Waals surface area (Å²) in [7, 11) is 0. The van der Waals surface area contributed by atoms with Crippen LogP contribution in [0, 0.1) is 13.8 Å². The lowest BCUT2D eigenvalue weighted by Crippen LogP contribution is -2.25. The van der Waals surface area contributed by atoms with E-state index in [0.29, 0.717) is 17.8 Å². The fraction of sp³-hybridized carbons (Fsp3) is 0.286. The molecular weight excluding hydrogens is 382 g/mol. The van der Waals surface area contributed by atoms with Crippen LogP contribution in [0.1, 0.15) is 36.1 Å². The summed E-state index contributed by atoms with van der Waals surface area (Å²) in [6.45, 7) is 4.63. The summed E-state index contributed by atoms with van der Waals surface area (Å²) in [6.07, 6.45) is 5.37. The second-order valence-corrected chi connectivity index (χ2v) is 7.28. The van der Waals surface area contributed by atoms with Gasteiger partial charge in [-0.15, -0.1) is 0 Å². The van der Waals surface area contributed by atoms with E-state index in [2.05, 4.69) is 30.3 Å². The minimum Gasteiger partial charge on any atom is -0.429 e. The van der Waals surface area contributed by atoms with E-state index in [1.165, 1.54) is 0 Å². The van der Waals surface area contributed by atoms with E-state index in [-0.39, 0.29) is 6.04 Å². The zero-order valence-corrected chi connectivity index (χ0v) is 16.7. The van der Waals surface area contributed by atoms with Crippen molar-refractivity contribution in [2.24, 2.45) is 0 Å². The van der Waals surface area contributed by atoms with Crippen molar-refractivity contribution in [3.63, 3.8) is 0 Å². The summed E-state index contributed by atoms with van der Waals surface area (Å²) in [6, 6.07) is 9.97. The van der Waals surface area contributed by atoms with Crippen molar-refractivity contribution >= 4 is 17.8 Å². The van der Waals surface area contributed by atoms with Gasteiger partial charge in [-0.25, -0.2) is 9.97 Å². The molecule has 0 spiro atoms. The number of aromatic nitrogens is 5. The van der Waals surface area contributed by atoms with Gasteiger partial charge in [0, 0.05) is 30.6 Å². The average Bonchev–Trinajstić information content (AvgIpc) is 3.48. The first-order valence-corrected chi connectivity index (χ1v) is 9.85. The van der Waals surface area contributed by atoms with Crippen LogP contribution in [0.25, 0.3) is 11.4 Å². The predicted octanol–water partition coefficient (Wildman–Crippen LogP) is 4.22. The van der Waals surface area contributed by atoms with Crippen LogP contribution < -0.4 is 10.2 Å². The lowest BCUT2D eigenvalue weighted by atomic mass is 10.1. The molecule has 9 nitrogen and oxygen atoms in total. The molecule has 0 unspecified atom stereocenters. The predicted molar refractivity (Wildman–Crippen MR) is 110 cm³/mol. The van der Waals surface area contributed by atoms with E-state index < -0.39 is 0 Å². The Balaban J connectivity index is 1.42. The lowest BCUT2D eigenvalue weighted by Gasteiger charge is -2.23. The molecule has 1 fully saturated rings. The van der Waals surface area contributed by atoms with Crippen molar-refractivity contribution in [1.82, 2.24) is 25.1 Å². The third kappa shape index (κ3) is 3.61. The van der Waals surface area contributed by atoms with Gasteiger partial charge >= 0.3 is 0 Å². The van der Waals surface area contributed by atoms with Gasteiger partial charge in [-0.05, 0) is 38.8 Å². The summed E-state index contributed by atoms with van der Waals surface area (Å²) < 4.78 is 11.2. The molecule has 0 radical (unpaired) electrons. The molecular formula is C21H21N7O2. The minimum absolute atomic E-state index is 0.0218. The number of hydrogen-bond acceptors (Lipinski definition) is 9. The van der Waals surface area contributed by atoms with E-state index in [9.17, 15) is 0 Å². The van der Waals surface area contributed by atoms with Crippen LogP contribution in [0.15, 0.2) is 51.7 Å². The molecule has 1 saturated heterocycles. The summed E-state index contributed by atoms with van der Waals surface area (Å²) in [5.74, 6) is 2.80. The molecule has 0 saturated carbocycles. The summed E-state index contributed by atoms with van der Waals surface area (Å²) in [5.41, 5.74) is 2.36. The quantitative estimate of drug-likeness (QED) is 0.524. The smallest absolute Gasteiger partial charge is 0.300 e. The maximum absolute atomic E-state index is 5.69. The number of hydrogen-bond donors (Lipinski definition) is 1. The van der Waals surface area contributed by atoms with Crippen LogP contribution >= 0.6 is 0 Å². The molecule has 1 aliphatic heterocycles. The number of oxazole rings is 1. The lowest BCUT2D eigenvalue weighted by molar-refractivity contribution is 0.362. The Morgan fingerprint density at radius 3 is 2.83 bits per heavy atom. The normalized spacial score (nSPS) is 16.2. The van der Waals surface area contributed by atoms with Crippen molar-refractivity contribution in [2.75, 3.05) is 16.8 Å². The highest BCUT2D eigenvalue weighted by Crippen LogP contribution is 2.36. The Bertz CT molecular complexity index is 1160. The molecule has 0 amide bonds. The largest absolute Gasteiger partial charge is 0.429 e. The van der Waals surface area contributed by atoms with Crippen LogP contribution in [0.2, 0.25) is 0 Å². The van der Waals surface area contributed by atoms with Crippen molar-refractivity contribution in [2.45, 2.75) is 32.7 Å². The van der Waals surface area contributed by atoms with Gasteiger partial charge in [-0.1, -0.05) is 11.2 Å². The highest BCUT2D eigenvalue weighted by atomic mass is 16.5. The number of nitrogens with zero attached hydrogens (tertiary/aromatic N) is 6. The first-order valence-electron chi connectivity index (χ1n) is 9.85. The van der Waals surface area contributed by atoms with Gasteiger partial charge in [-0.3, -0.25) is 10.3 Å². The van der Waals surface area contributed by atoms with Crippen molar-refractivity contribution in [3.8, 4) is 11.4 Å². The van der Waals surface area contributed by atoms with Gasteiger partial charge in [0.2, 0.25) is 5.95 Å². The molecule has 0 bridgehead atoms. The number of rotatable bonds is 5. The van der Waals surface area contributed by atoms with Gasteiger partial charge in [0.15, 0.2) is 5.76 Å². The van der Waals surface area contributed by atoms with E-state index in [1.54, 1.807) is 12.4 Å². The molecule has 4 aromatic rings. The summed E-state index contributed by atoms with van der Waals surface area (Å²) in [5, 5.41) is 7.32. The molecule has 30 heavy (non-hydrogen) atoms. The topological polar surface area (TPSA) is 106 Å². The fourth-order valence-corrected chi connectivity index (χ4v) is 3.65.